The van der Waals surface area contributed by atoms with Crippen molar-refractivity contribution in [2.75, 3.05) is 13.3 Å². The molecule has 0 amide bonds. The molecule has 0 atom stereocenters. The fourth-order valence-electron chi connectivity index (χ4n) is 1.61. The van der Waals surface area contributed by atoms with E-state index < -0.39 is 0 Å². The Morgan fingerprint density at radius 1 is 0.812 bits per heavy atom. The third kappa shape index (κ3) is 6.44. The van der Waals surface area contributed by atoms with Crippen LogP contribution in [0.15, 0.2) is 30.3 Å². The Morgan fingerprint density at radius 2 is 1.44 bits per heavy atom. The van der Waals surface area contributed by atoms with Gasteiger partial charge in [-0.15, -0.1) is 0 Å². The van der Waals surface area contributed by atoms with Crippen molar-refractivity contribution in [2.24, 2.45) is 0 Å². The van der Waals surface area contributed by atoms with E-state index in [-0.39, 0.29) is 6.67 Å². The molecule has 0 bridgehead atoms. The van der Waals surface area contributed by atoms with Gasteiger partial charge in [-0.05, 0) is 25.0 Å². The highest BCUT2D eigenvalue weighted by atomic mass is 19.1. The first-order valence-corrected chi connectivity index (χ1v) is 6.17. The topological polar surface area (TPSA) is 9.23 Å². The molecule has 90 valence electrons. The molecular formula is C14H21FO. The van der Waals surface area contributed by atoms with Crippen LogP contribution in [-0.4, -0.2) is 13.3 Å². The molecular weight excluding hydrogens is 203 g/mol. The van der Waals surface area contributed by atoms with Gasteiger partial charge in [-0.2, -0.15) is 0 Å². The summed E-state index contributed by atoms with van der Waals surface area (Å²) in [6.07, 6.45) is 6.35. The Hall–Kier alpha value is -1.05. The van der Waals surface area contributed by atoms with Crippen LogP contribution in [0.3, 0.4) is 0 Å². The number of hydrogen-bond donors (Lipinski definition) is 0. The first-order valence-electron chi connectivity index (χ1n) is 6.17. The summed E-state index contributed by atoms with van der Waals surface area (Å²) in [5.41, 5.74) is 0. The Labute approximate surface area is 97.6 Å². The number of rotatable bonds is 9. The minimum Gasteiger partial charge on any atom is -0.494 e. The zero-order chi connectivity index (χ0) is 11.5. The molecule has 0 N–H and O–H groups in total. The molecule has 0 heterocycles. The first kappa shape index (κ1) is 13.0. The molecule has 1 aromatic rings. The van der Waals surface area contributed by atoms with E-state index in [9.17, 15) is 4.39 Å². The molecule has 0 aliphatic carbocycles. The van der Waals surface area contributed by atoms with Crippen molar-refractivity contribution in [1.82, 2.24) is 0 Å². The Morgan fingerprint density at radius 3 is 2.12 bits per heavy atom. The maximum absolute atomic E-state index is 11.8. The number of para-hydroxylation sites is 1. The van der Waals surface area contributed by atoms with Crippen LogP contribution in [0.1, 0.15) is 38.5 Å². The van der Waals surface area contributed by atoms with Crippen molar-refractivity contribution in [3.63, 3.8) is 0 Å². The second kappa shape index (κ2) is 9.20. The number of unbranched alkanes of at least 4 members (excludes halogenated alkanes) is 5. The van der Waals surface area contributed by atoms with E-state index in [1.165, 1.54) is 12.8 Å². The van der Waals surface area contributed by atoms with Crippen molar-refractivity contribution in [3.8, 4) is 5.75 Å². The van der Waals surface area contributed by atoms with E-state index in [2.05, 4.69) is 0 Å². The molecule has 1 nitrogen and oxygen atoms in total. The van der Waals surface area contributed by atoms with Gasteiger partial charge < -0.3 is 4.74 Å². The normalized spacial score (nSPS) is 10.3. The fourth-order valence-corrected chi connectivity index (χ4v) is 1.61. The van der Waals surface area contributed by atoms with E-state index in [1.807, 2.05) is 30.3 Å². The Balaban J connectivity index is 1.89. The third-order valence-electron chi connectivity index (χ3n) is 2.54. The average Bonchev–Trinajstić information content (AvgIpc) is 2.34. The number of halogens is 1. The lowest BCUT2D eigenvalue weighted by Crippen LogP contribution is -1.96. The fraction of sp³-hybridized carbons (Fsp3) is 0.571. The minimum absolute atomic E-state index is 0.170. The van der Waals surface area contributed by atoms with Gasteiger partial charge in [0.2, 0.25) is 0 Å². The summed E-state index contributed by atoms with van der Waals surface area (Å²) in [5, 5.41) is 0. The summed E-state index contributed by atoms with van der Waals surface area (Å²) < 4.78 is 17.4. The van der Waals surface area contributed by atoms with Crippen LogP contribution >= 0.6 is 0 Å². The third-order valence-corrected chi connectivity index (χ3v) is 2.54. The second-order valence-electron chi connectivity index (χ2n) is 3.97. The molecule has 1 rings (SSSR count). The van der Waals surface area contributed by atoms with E-state index in [0.717, 1.165) is 38.0 Å². The minimum atomic E-state index is -0.170. The molecule has 0 spiro atoms. The van der Waals surface area contributed by atoms with Crippen LogP contribution in [0, 0.1) is 0 Å². The van der Waals surface area contributed by atoms with E-state index in [4.69, 9.17) is 4.74 Å². The van der Waals surface area contributed by atoms with Crippen LogP contribution in [0.25, 0.3) is 0 Å². The van der Waals surface area contributed by atoms with E-state index in [1.54, 1.807) is 0 Å². The second-order valence-corrected chi connectivity index (χ2v) is 3.97. The van der Waals surface area contributed by atoms with Gasteiger partial charge in [0.1, 0.15) is 5.75 Å². The summed E-state index contributed by atoms with van der Waals surface area (Å²) in [7, 11) is 0. The van der Waals surface area contributed by atoms with Crippen molar-refractivity contribution < 1.29 is 9.13 Å². The molecule has 0 aliphatic heterocycles. The van der Waals surface area contributed by atoms with E-state index in [0.29, 0.717) is 0 Å². The number of alkyl halides is 1. The molecule has 0 radical (unpaired) electrons. The van der Waals surface area contributed by atoms with Crippen LogP contribution in [0.5, 0.6) is 5.75 Å². The summed E-state index contributed by atoms with van der Waals surface area (Å²) in [5.74, 6) is 0.944. The maximum atomic E-state index is 11.8. The molecule has 2 heteroatoms. The van der Waals surface area contributed by atoms with Gasteiger partial charge in [-0.25, -0.2) is 0 Å². The van der Waals surface area contributed by atoms with E-state index >= 15 is 0 Å². The van der Waals surface area contributed by atoms with Gasteiger partial charge in [-0.3, -0.25) is 4.39 Å². The van der Waals surface area contributed by atoms with Gasteiger partial charge in [0.15, 0.2) is 0 Å². The molecule has 16 heavy (non-hydrogen) atoms. The predicted octanol–water partition coefficient (Wildman–Crippen LogP) is 4.38. The molecule has 1 aromatic carbocycles. The summed E-state index contributed by atoms with van der Waals surface area (Å²) in [4.78, 5) is 0. The highest BCUT2D eigenvalue weighted by molar-refractivity contribution is 5.20. The van der Waals surface area contributed by atoms with Gasteiger partial charge in [0, 0.05) is 0 Å². The largest absolute Gasteiger partial charge is 0.494 e. The standard InChI is InChI=1S/C14H21FO/c15-12-8-3-1-2-4-9-13-16-14-10-6-5-7-11-14/h5-7,10-11H,1-4,8-9,12-13H2. The van der Waals surface area contributed by atoms with Crippen LogP contribution < -0.4 is 4.74 Å². The molecule has 0 unspecified atom stereocenters. The first-order chi connectivity index (χ1) is 7.93. The SMILES string of the molecule is FCCCCCCCCOc1ccccc1. The lowest BCUT2D eigenvalue weighted by Gasteiger charge is -2.05. The number of benzene rings is 1. The number of hydrogen-bond acceptors (Lipinski definition) is 1. The zero-order valence-electron chi connectivity index (χ0n) is 9.83. The highest BCUT2D eigenvalue weighted by Crippen LogP contribution is 2.10. The monoisotopic (exact) mass is 224 g/mol. The molecule has 0 fully saturated rings. The van der Waals surface area contributed by atoms with Gasteiger partial charge in [0.05, 0.1) is 13.3 Å². The summed E-state index contributed by atoms with van der Waals surface area (Å²) in [6.45, 7) is 0.615. The Bertz CT molecular complexity index is 248. The Kier molecular flexibility index (Phi) is 7.48. The average molecular weight is 224 g/mol. The predicted molar refractivity (Wildman–Crippen MR) is 65.6 cm³/mol. The summed E-state index contributed by atoms with van der Waals surface area (Å²) >= 11 is 0. The molecule has 0 saturated heterocycles. The molecule has 0 aliphatic rings. The van der Waals surface area contributed by atoms with Crippen molar-refractivity contribution in [1.29, 1.82) is 0 Å². The quantitative estimate of drug-likeness (QED) is 0.566. The lowest BCUT2D eigenvalue weighted by atomic mass is 10.1. The van der Waals surface area contributed by atoms with Crippen molar-refractivity contribution in [2.45, 2.75) is 38.5 Å². The zero-order valence-corrected chi connectivity index (χ0v) is 9.83. The van der Waals surface area contributed by atoms with Gasteiger partial charge >= 0.3 is 0 Å². The van der Waals surface area contributed by atoms with Gasteiger partial charge in [-0.1, -0.05) is 43.9 Å². The van der Waals surface area contributed by atoms with Crippen molar-refractivity contribution in [3.05, 3.63) is 30.3 Å². The van der Waals surface area contributed by atoms with Crippen molar-refractivity contribution >= 4 is 0 Å². The van der Waals surface area contributed by atoms with Crippen LogP contribution in [-0.2, 0) is 0 Å². The molecule has 0 aromatic heterocycles. The van der Waals surface area contributed by atoms with Gasteiger partial charge in [0.25, 0.3) is 0 Å². The highest BCUT2D eigenvalue weighted by Gasteiger charge is 1.93. The lowest BCUT2D eigenvalue weighted by molar-refractivity contribution is 0.304. The maximum Gasteiger partial charge on any atom is 0.119 e. The number of ether oxygens (including phenoxy) is 1. The molecule has 0 saturated carbocycles. The van der Waals surface area contributed by atoms with Crippen LogP contribution in [0.2, 0.25) is 0 Å². The summed E-state index contributed by atoms with van der Waals surface area (Å²) in [6, 6.07) is 9.89. The van der Waals surface area contributed by atoms with Crippen LogP contribution in [0.4, 0.5) is 4.39 Å². The smallest absolute Gasteiger partial charge is 0.119 e.